The number of carbonyl (C=O) groups is 2. The van der Waals surface area contributed by atoms with Crippen molar-refractivity contribution in [1.82, 2.24) is 0 Å². The molecule has 0 heterocycles. The number of anilines is 1. The summed E-state index contributed by atoms with van der Waals surface area (Å²) in [7, 11) is 0. The molecule has 0 fully saturated rings. The molecular formula is C19H21NO4. The number of para-hydroxylation sites is 2. The van der Waals surface area contributed by atoms with Crippen LogP contribution < -0.4 is 10.1 Å². The predicted molar refractivity (Wildman–Crippen MR) is 92.8 cm³/mol. The van der Waals surface area contributed by atoms with E-state index in [0.29, 0.717) is 18.0 Å². The highest BCUT2D eigenvalue weighted by Crippen LogP contribution is 2.25. The zero-order valence-electron chi connectivity index (χ0n) is 13.6. The monoisotopic (exact) mass is 327 g/mol. The van der Waals surface area contributed by atoms with Gasteiger partial charge < -0.3 is 15.2 Å². The molecule has 5 nitrogen and oxygen atoms in total. The van der Waals surface area contributed by atoms with Crippen LogP contribution in [0.15, 0.2) is 48.5 Å². The van der Waals surface area contributed by atoms with Crippen LogP contribution in [-0.4, -0.2) is 23.6 Å². The Hall–Kier alpha value is -2.82. The molecule has 126 valence electrons. The van der Waals surface area contributed by atoms with Crippen molar-refractivity contribution in [2.45, 2.75) is 26.2 Å². The Morgan fingerprint density at radius 1 is 1.00 bits per heavy atom. The molecule has 24 heavy (non-hydrogen) atoms. The van der Waals surface area contributed by atoms with Gasteiger partial charge in [-0.25, -0.2) is 4.79 Å². The van der Waals surface area contributed by atoms with Crippen molar-refractivity contribution in [2.24, 2.45) is 0 Å². The Kier molecular flexibility index (Phi) is 6.37. The van der Waals surface area contributed by atoms with Crippen LogP contribution >= 0.6 is 0 Å². The first-order valence-corrected chi connectivity index (χ1v) is 7.99. The lowest BCUT2D eigenvalue weighted by atomic mass is 10.1. The van der Waals surface area contributed by atoms with Crippen molar-refractivity contribution in [1.29, 1.82) is 0 Å². The average molecular weight is 327 g/mol. The van der Waals surface area contributed by atoms with Gasteiger partial charge in [0.05, 0.1) is 23.4 Å². The molecule has 0 bridgehead atoms. The minimum atomic E-state index is -1.13. The Bertz CT molecular complexity index is 712. The Morgan fingerprint density at radius 3 is 2.38 bits per heavy atom. The average Bonchev–Trinajstić information content (AvgIpc) is 2.60. The Labute approximate surface area is 141 Å². The maximum absolute atomic E-state index is 12.4. The summed E-state index contributed by atoms with van der Waals surface area (Å²) in [5, 5.41) is 11.9. The fraction of sp³-hybridized carbons (Fsp3) is 0.263. The number of ether oxygens (including phenoxy) is 1. The number of aromatic carboxylic acids is 1. The standard InChI is InChI=1S/C19H21NO4/c1-2-3-8-13-24-17-12-7-6-11-16(17)20-18(21)14-9-4-5-10-15(14)19(22)23/h4-7,9-12H,2-3,8,13H2,1H3,(H,20,21)(H,22,23). The van der Waals surface area contributed by atoms with Crippen molar-refractivity contribution in [3.63, 3.8) is 0 Å². The van der Waals surface area contributed by atoms with Gasteiger partial charge in [-0.1, -0.05) is 44.0 Å². The lowest BCUT2D eigenvalue weighted by Crippen LogP contribution is -2.17. The second kappa shape index (κ2) is 8.72. The molecule has 2 N–H and O–H groups in total. The summed E-state index contributed by atoms with van der Waals surface area (Å²) in [6.07, 6.45) is 3.13. The van der Waals surface area contributed by atoms with E-state index in [1.54, 1.807) is 30.3 Å². The van der Waals surface area contributed by atoms with Crippen molar-refractivity contribution >= 4 is 17.6 Å². The molecule has 2 rings (SSSR count). The third kappa shape index (κ3) is 4.59. The summed E-state index contributed by atoms with van der Waals surface area (Å²) in [5.74, 6) is -1.03. The summed E-state index contributed by atoms with van der Waals surface area (Å²) in [5.41, 5.74) is 0.612. The second-order valence-electron chi connectivity index (χ2n) is 5.36. The van der Waals surface area contributed by atoms with Gasteiger partial charge >= 0.3 is 5.97 Å². The number of carboxylic acid groups (broad SMARTS) is 1. The third-order valence-corrected chi connectivity index (χ3v) is 3.54. The highest BCUT2D eigenvalue weighted by molar-refractivity contribution is 6.11. The Morgan fingerprint density at radius 2 is 1.67 bits per heavy atom. The number of amides is 1. The lowest BCUT2D eigenvalue weighted by molar-refractivity contribution is 0.0692. The van der Waals surface area contributed by atoms with Crippen LogP contribution in [0.1, 0.15) is 46.9 Å². The van der Waals surface area contributed by atoms with Crippen LogP contribution in [0.5, 0.6) is 5.75 Å². The molecule has 0 aliphatic heterocycles. The molecule has 0 atom stereocenters. The molecule has 0 unspecified atom stereocenters. The minimum absolute atomic E-state index is 0.0312. The quantitative estimate of drug-likeness (QED) is 0.712. The van der Waals surface area contributed by atoms with E-state index < -0.39 is 11.9 Å². The number of hydrogen-bond acceptors (Lipinski definition) is 3. The molecule has 0 spiro atoms. The van der Waals surface area contributed by atoms with E-state index in [-0.39, 0.29) is 11.1 Å². The van der Waals surface area contributed by atoms with E-state index in [1.165, 1.54) is 12.1 Å². The van der Waals surface area contributed by atoms with Crippen molar-refractivity contribution in [2.75, 3.05) is 11.9 Å². The minimum Gasteiger partial charge on any atom is -0.491 e. The Balaban J connectivity index is 2.13. The van der Waals surface area contributed by atoms with Gasteiger partial charge in [0.25, 0.3) is 5.91 Å². The zero-order chi connectivity index (χ0) is 17.4. The highest BCUT2D eigenvalue weighted by atomic mass is 16.5. The van der Waals surface area contributed by atoms with Crippen LogP contribution in [0.2, 0.25) is 0 Å². The number of benzene rings is 2. The van der Waals surface area contributed by atoms with Crippen molar-refractivity contribution in [3.8, 4) is 5.75 Å². The maximum Gasteiger partial charge on any atom is 0.336 e. The molecule has 0 saturated carbocycles. The number of unbranched alkanes of at least 4 members (excludes halogenated alkanes) is 2. The summed E-state index contributed by atoms with van der Waals surface area (Å²) in [4.78, 5) is 23.7. The van der Waals surface area contributed by atoms with E-state index in [2.05, 4.69) is 12.2 Å². The molecule has 1 amide bonds. The predicted octanol–water partition coefficient (Wildman–Crippen LogP) is 4.21. The van der Waals surface area contributed by atoms with E-state index in [9.17, 15) is 14.7 Å². The molecule has 0 saturated heterocycles. The van der Waals surface area contributed by atoms with Crippen LogP contribution in [-0.2, 0) is 0 Å². The smallest absolute Gasteiger partial charge is 0.336 e. The van der Waals surface area contributed by atoms with Crippen molar-refractivity contribution in [3.05, 3.63) is 59.7 Å². The zero-order valence-corrected chi connectivity index (χ0v) is 13.6. The summed E-state index contributed by atoms with van der Waals surface area (Å²) in [6.45, 7) is 2.69. The van der Waals surface area contributed by atoms with Crippen LogP contribution in [0.3, 0.4) is 0 Å². The van der Waals surface area contributed by atoms with E-state index in [0.717, 1.165) is 19.3 Å². The number of hydrogen-bond donors (Lipinski definition) is 2. The maximum atomic E-state index is 12.4. The van der Waals surface area contributed by atoms with E-state index in [4.69, 9.17) is 4.74 Å². The molecule has 0 aliphatic rings. The molecule has 2 aromatic rings. The fourth-order valence-electron chi connectivity index (χ4n) is 2.29. The number of nitrogens with one attached hydrogen (secondary N) is 1. The first-order valence-electron chi connectivity index (χ1n) is 7.99. The second-order valence-corrected chi connectivity index (χ2v) is 5.36. The van der Waals surface area contributed by atoms with E-state index >= 15 is 0 Å². The number of carbonyl (C=O) groups excluding carboxylic acids is 1. The molecular weight excluding hydrogens is 306 g/mol. The topological polar surface area (TPSA) is 75.6 Å². The number of carboxylic acids is 1. The summed E-state index contributed by atoms with van der Waals surface area (Å²) >= 11 is 0. The fourth-order valence-corrected chi connectivity index (χ4v) is 2.29. The SMILES string of the molecule is CCCCCOc1ccccc1NC(=O)c1ccccc1C(=O)O. The normalized spacial score (nSPS) is 10.2. The van der Waals surface area contributed by atoms with Gasteiger partial charge in [-0.15, -0.1) is 0 Å². The van der Waals surface area contributed by atoms with E-state index in [1.807, 2.05) is 6.07 Å². The number of rotatable bonds is 8. The van der Waals surface area contributed by atoms with Crippen LogP contribution in [0.25, 0.3) is 0 Å². The van der Waals surface area contributed by atoms with Gasteiger partial charge in [0.2, 0.25) is 0 Å². The summed E-state index contributed by atoms with van der Waals surface area (Å²) in [6, 6.07) is 13.3. The molecule has 2 aromatic carbocycles. The highest BCUT2D eigenvalue weighted by Gasteiger charge is 2.17. The van der Waals surface area contributed by atoms with Gasteiger partial charge in [0, 0.05) is 0 Å². The van der Waals surface area contributed by atoms with Gasteiger partial charge in [-0.05, 0) is 30.7 Å². The first-order chi connectivity index (χ1) is 11.6. The van der Waals surface area contributed by atoms with Crippen molar-refractivity contribution < 1.29 is 19.4 Å². The largest absolute Gasteiger partial charge is 0.491 e. The van der Waals surface area contributed by atoms with Gasteiger partial charge in [-0.2, -0.15) is 0 Å². The lowest BCUT2D eigenvalue weighted by Gasteiger charge is -2.13. The van der Waals surface area contributed by atoms with Gasteiger partial charge in [-0.3, -0.25) is 4.79 Å². The molecule has 0 aromatic heterocycles. The molecule has 5 heteroatoms. The summed E-state index contributed by atoms with van der Waals surface area (Å²) < 4.78 is 5.72. The molecule has 0 radical (unpaired) electrons. The van der Waals surface area contributed by atoms with Gasteiger partial charge in [0.1, 0.15) is 5.75 Å². The first kappa shape index (κ1) is 17.5. The molecule has 0 aliphatic carbocycles. The van der Waals surface area contributed by atoms with Crippen LogP contribution in [0, 0.1) is 0 Å². The van der Waals surface area contributed by atoms with Gasteiger partial charge in [0.15, 0.2) is 0 Å². The third-order valence-electron chi connectivity index (χ3n) is 3.54. The van der Waals surface area contributed by atoms with Crippen LogP contribution in [0.4, 0.5) is 5.69 Å².